The van der Waals surface area contributed by atoms with Gasteiger partial charge in [-0.2, -0.15) is 0 Å². The van der Waals surface area contributed by atoms with Gasteiger partial charge in [0, 0.05) is 13.0 Å². The van der Waals surface area contributed by atoms with Gasteiger partial charge in [-0.15, -0.1) is 0 Å². The van der Waals surface area contributed by atoms with E-state index in [0.717, 1.165) is 51.4 Å². The van der Waals surface area contributed by atoms with Crippen LogP contribution in [0.5, 0.6) is 0 Å². The van der Waals surface area contributed by atoms with Gasteiger partial charge in [0.15, 0.2) is 6.29 Å². The Morgan fingerprint density at radius 3 is 1.69 bits per heavy atom. The van der Waals surface area contributed by atoms with E-state index in [0.29, 0.717) is 13.0 Å². The summed E-state index contributed by atoms with van der Waals surface area (Å²) in [7, 11) is 0. The number of rotatable bonds is 36. The van der Waals surface area contributed by atoms with Crippen LogP contribution in [-0.4, -0.2) is 89.6 Å². The average Bonchev–Trinajstić information content (AvgIpc) is 3.14. The van der Waals surface area contributed by atoms with Crippen molar-refractivity contribution in [3.05, 3.63) is 24.3 Å². The first kappa shape index (κ1) is 48.7. The molecule has 1 heterocycles. The van der Waals surface area contributed by atoms with Crippen molar-refractivity contribution in [3.63, 3.8) is 0 Å². The summed E-state index contributed by atoms with van der Waals surface area (Å²) in [6, 6.07) is 0. The van der Waals surface area contributed by atoms with Crippen LogP contribution >= 0.6 is 0 Å². The number of hydrogen-bond donors (Lipinski definition) is 4. The molecule has 52 heavy (non-hydrogen) atoms. The highest BCUT2D eigenvalue weighted by atomic mass is 16.7. The number of carbonyl (C=O) groups is 1. The van der Waals surface area contributed by atoms with E-state index in [4.69, 9.17) is 18.9 Å². The molecular formula is C43H80O9. The Morgan fingerprint density at radius 2 is 1.12 bits per heavy atom. The zero-order valence-corrected chi connectivity index (χ0v) is 33.3. The number of hydrogen-bond acceptors (Lipinski definition) is 9. The quantitative estimate of drug-likeness (QED) is 0.0282. The molecule has 9 heteroatoms. The van der Waals surface area contributed by atoms with Gasteiger partial charge in [0.2, 0.25) is 0 Å². The summed E-state index contributed by atoms with van der Waals surface area (Å²) in [6.45, 7) is 4.52. The van der Waals surface area contributed by atoms with Crippen LogP contribution in [0.1, 0.15) is 181 Å². The molecule has 6 unspecified atom stereocenters. The van der Waals surface area contributed by atoms with Gasteiger partial charge in [-0.25, -0.2) is 0 Å². The lowest BCUT2D eigenvalue weighted by Gasteiger charge is -2.39. The molecule has 1 fully saturated rings. The lowest BCUT2D eigenvalue weighted by molar-refractivity contribution is -0.305. The van der Waals surface area contributed by atoms with Crippen molar-refractivity contribution in [1.29, 1.82) is 0 Å². The second-order valence-electron chi connectivity index (χ2n) is 14.8. The fourth-order valence-electron chi connectivity index (χ4n) is 6.46. The van der Waals surface area contributed by atoms with Crippen molar-refractivity contribution in [3.8, 4) is 0 Å². The summed E-state index contributed by atoms with van der Waals surface area (Å²) in [6.07, 6.45) is 32.0. The van der Waals surface area contributed by atoms with E-state index >= 15 is 0 Å². The van der Waals surface area contributed by atoms with Gasteiger partial charge in [-0.05, 0) is 44.9 Å². The van der Waals surface area contributed by atoms with Crippen LogP contribution in [0.2, 0.25) is 0 Å². The molecule has 0 aromatic heterocycles. The molecule has 0 aliphatic carbocycles. The summed E-state index contributed by atoms with van der Waals surface area (Å²) < 4.78 is 22.8. The van der Waals surface area contributed by atoms with Gasteiger partial charge in [-0.3, -0.25) is 4.79 Å². The Balaban J connectivity index is 2.29. The zero-order chi connectivity index (χ0) is 37.9. The van der Waals surface area contributed by atoms with Crippen LogP contribution in [0.3, 0.4) is 0 Å². The molecule has 1 saturated heterocycles. The maximum Gasteiger partial charge on any atom is 0.306 e. The standard InChI is InChI=1S/C43H80O9/c1-3-5-7-9-11-13-15-17-18-19-21-23-25-27-29-31-33-49-35-37(36-50-43-42(48)41(47)40(46)38(34-44)52-43)51-39(45)32-30-28-26-24-22-20-16-14-12-10-8-6-4-2/h11,13,17-18,37-38,40-44,46-48H,3-10,12,14-16,19-36H2,1-2H3/b13-11-,18-17-. The van der Waals surface area contributed by atoms with E-state index in [1.807, 2.05) is 0 Å². The predicted molar refractivity (Wildman–Crippen MR) is 210 cm³/mol. The number of carbonyl (C=O) groups excluding carboxylic acids is 1. The maximum absolute atomic E-state index is 12.7. The molecule has 0 amide bonds. The Labute approximate surface area is 317 Å². The van der Waals surface area contributed by atoms with Gasteiger partial charge in [0.25, 0.3) is 0 Å². The largest absolute Gasteiger partial charge is 0.457 e. The monoisotopic (exact) mass is 741 g/mol. The molecule has 1 aliphatic heterocycles. The van der Waals surface area contributed by atoms with E-state index < -0.39 is 43.4 Å². The number of aliphatic hydroxyl groups excluding tert-OH is 4. The van der Waals surface area contributed by atoms with E-state index in [1.165, 1.54) is 109 Å². The fourth-order valence-corrected chi connectivity index (χ4v) is 6.46. The predicted octanol–water partition coefficient (Wildman–Crippen LogP) is 9.03. The van der Waals surface area contributed by atoms with E-state index in [9.17, 15) is 25.2 Å². The van der Waals surface area contributed by atoms with Crippen LogP contribution in [0.4, 0.5) is 0 Å². The Hall–Kier alpha value is -1.33. The highest BCUT2D eigenvalue weighted by Gasteiger charge is 2.44. The minimum absolute atomic E-state index is 0.114. The van der Waals surface area contributed by atoms with E-state index in [1.54, 1.807) is 0 Å². The molecule has 6 atom stereocenters. The summed E-state index contributed by atoms with van der Waals surface area (Å²) >= 11 is 0. The van der Waals surface area contributed by atoms with Crippen LogP contribution in [-0.2, 0) is 23.7 Å². The molecule has 0 radical (unpaired) electrons. The van der Waals surface area contributed by atoms with Crippen LogP contribution in [0.15, 0.2) is 24.3 Å². The third-order valence-electron chi connectivity index (χ3n) is 9.87. The molecule has 0 aromatic carbocycles. The molecule has 0 spiro atoms. The summed E-state index contributed by atoms with van der Waals surface area (Å²) in [5.41, 5.74) is 0. The van der Waals surface area contributed by atoms with Crippen LogP contribution in [0, 0.1) is 0 Å². The number of ether oxygens (including phenoxy) is 4. The van der Waals surface area contributed by atoms with Crippen molar-refractivity contribution in [2.24, 2.45) is 0 Å². The van der Waals surface area contributed by atoms with Gasteiger partial charge in [0.05, 0.1) is 19.8 Å². The molecule has 4 N–H and O–H groups in total. The molecular weight excluding hydrogens is 660 g/mol. The highest BCUT2D eigenvalue weighted by molar-refractivity contribution is 5.69. The van der Waals surface area contributed by atoms with Crippen molar-refractivity contribution >= 4 is 5.97 Å². The molecule has 0 bridgehead atoms. The Kier molecular flexibility index (Phi) is 33.1. The number of aliphatic hydroxyl groups is 4. The third-order valence-corrected chi connectivity index (χ3v) is 9.87. The van der Waals surface area contributed by atoms with E-state index in [-0.39, 0.29) is 19.2 Å². The van der Waals surface area contributed by atoms with Crippen molar-refractivity contribution in [2.75, 3.05) is 26.4 Å². The topological polar surface area (TPSA) is 135 Å². The smallest absolute Gasteiger partial charge is 0.306 e. The second-order valence-corrected chi connectivity index (χ2v) is 14.8. The van der Waals surface area contributed by atoms with E-state index in [2.05, 4.69) is 38.2 Å². The van der Waals surface area contributed by atoms with Gasteiger partial charge >= 0.3 is 5.97 Å². The molecule has 0 aromatic rings. The number of esters is 1. The minimum atomic E-state index is -1.53. The lowest BCUT2D eigenvalue weighted by Crippen LogP contribution is -2.59. The minimum Gasteiger partial charge on any atom is -0.457 e. The van der Waals surface area contributed by atoms with Gasteiger partial charge < -0.3 is 39.4 Å². The molecule has 0 saturated carbocycles. The third kappa shape index (κ3) is 26.4. The van der Waals surface area contributed by atoms with Gasteiger partial charge in [0.1, 0.15) is 30.5 Å². The molecule has 306 valence electrons. The first-order chi connectivity index (χ1) is 25.4. The van der Waals surface area contributed by atoms with Crippen molar-refractivity contribution < 1.29 is 44.2 Å². The maximum atomic E-state index is 12.7. The first-order valence-electron chi connectivity index (χ1n) is 21.4. The normalized spacial score (nSPS) is 21.4. The first-order valence-corrected chi connectivity index (χ1v) is 21.4. The average molecular weight is 741 g/mol. The van der Waals surface area contributed by atoms with Crippen LogP contribution in [0.25, 0.3) is 0 Å². The SMILES string of the molecule is CCCCC/C=C\C/C=C\CCCCCCCCOCC(COC1OC(CO)C(O)C(O)C1O)OC(=O)CCCCCCCCCCCCCCC. The van der Waals surface area contributed by atoms with Crippen molar-refractivity contribution in [2.45, 2.75) is 218 Å². The lowest BCUT2D eigenvalue weighted by atomic mass is 9.99. The highest BCUT2D eigenvalue weighted by Crippen LogP contribution is 2.22. The Morgan fingerprint density at radius 1 is 0.615 bits per heavy atom. The molecule has 1 rings (SSSR count). The summed E-state index contributed by atoms with van der Waals surface area (Å²) in [4.78, 5) is 12.7. The van der Waals surface area contributed by atoms with Crippen LogP contribution < -0.4 is 0 Å². The zero-order valence-electron chi connectivity index (χ0n) is 33.3. The number of unbranched alkanes of at least 4 members (excludes halogenated alkanes) is 21. The number of allylic oxidation sites excluding steroid dienone is 4. The fraction of sp³-hybridized carbons (Fsp3) is 0.884. The van der Waals surface area contributed by atoms with Gasteiger partial charge in [-0.1, -0.05) is 154 Å². The molecule has 1 aliphatic rings. The summed E-state index contributed by atoms with van der Waals surface area (Å²) in [5, 5.41) is 40.0. The summed E-state index contributed by atoms with van der Waals surface area (Å²) in [5.74, 6) is -0.317. The Bertz CT molecular complexity index is 848. The van der Waals surface area contributed by atoms with Crippen molar-refractivity contribution in [1.82, 2.24) is 0 Å². The molecule has 9 nitrogen and oxygen atoms in total. The second kappa shape index (κ2) is 35.4.